The molecule has 2 unspecified atom stereocenters. The number of amides is 3. The standard InChI is InChI=1S/C32H45N3O5/c1-6-10-14-21-33(19-7-2)30(39)27-32-18-17-31(9-4,40-32)25(26(32)29(38)35(27)23(5)22-36)28(37)34(20-8-3)24-15-12-11-13-16-24/h7-8,11-13,15-16,23,25-27,36H,2-3,6,9-10,14,17-22H2,1,4-5H3/t23-,25-,26+,27?,31+,32?/m1/s1. The first kappa shape index (κ1) is 30.0. The van der Waals surface area contributed by atoms with Crippen LogP contribution in [0, 0.1) is 11.8 Å². The number of likely N-dealkylation sites (tertiary alicyclic amines) is 1. The zero-order valence-corrected chi connectivity index (χ0v) is 24.3. The Morgan fingerprint density at radius 1 is 1.12 bits per heavy atom. The third-order valence-electron chi connectivity index (χ3n) is 9.20. The first-order valence-electron chi connectivity index (χ1n) is 14.8. The summed E-state index contributed by atoms with van der Waals surface area (Å²) in [5.41, 5.74) is -1.25. The van der Waals surface area contributed by atoms with Crippen LogP contribution >= 0.6 is 0 Å². The van der Waals surface area contributed by atoms with Gasteiger partial charge in [0.15, 0.2) is 0 Å². The van der Waals surface area contributed by atoms with Crippen molar-refractivity contribution in [1.82, 2.24) is 9.80 Å². The lowest BCUT2D eigenvalue weighted by atomic mass is 9.64. The molecule has 1 N–H and O–H groups in total. The number of unbranched alkanes of at least 4 members (excludes halogenated alkanes) is 2. The molecule has 1 aromatic rings. The second kappa shape index (κ2) is 12.3. The van der Waals surface area contributed by atoms with Gasteiger partial charge in [0.05, 0.1) is 30.1 Å². The molecule has 3 fully saturated rings. The molecular formula is C32H45N3O5. The minimum absolute atomic E-state index is 0.191. The summed E-state index contributed by atoms with van der Waals surface area (Å²) < 4.78 is 6.91. The van der Waals surface area contributed by atoms with E-state index in [9.17, 15) is 19.5 Å². The van der Waals surface area contributed by atoms with Crippen LogP contribution in [0.3, 0.4) is 0 Å². The Morgan fingerprint density at radius 2 is 1.82 bits per heavy atom. The van der Waals surface area contributed by atoms with Gasteiger partial charge in [-0.25, -0.2) is 0 Å². The molecule has 0 aromatic heterocycles. The van der Waals surface area contributed by atoms with Crippen molar-refractivity contribution >= 4 is 23.4 Å². The Balaban J connectivity index is 1.80. The molecule has 3 amide bonds. The lowest BCUT2D eigenvalue weighted by Gasteiger charge is -2.38. The molecule has 0 saturated carbocycles. The highest BCUT2D eigenvalue weighted by atomic mass is 16.5. The zero-order chi connectivity index (χ0) is 29.1. The average molecular weight is 552 g/mol. The summed E-state index contributed by atoms with van der Waals surface area (Å²) >= 11 is 0. The van der Waals surface area contributed by atoms with Gasteiger partial charge in [0.2, 0.25) is 17.7 Å². The number of para-hydroxylation sites is 1. The number of hydrogen-bond donors (Lipinski definition) is 1. The predicted molar refractivity (Wildman–Crippen MR) is 156 cm³/mol. The highest BCUT2D eigenvalue weighted by molar-refractivity contribution is 6.03. The van der Waals surface area contributed by atoms with Gasteiger partial charge in [0, 0.05) is 25.3 Å². The van der Waals surface area contributed by atoms with E-state index in [2.05, 4.69) is 20.1 Å². The SMILES string of the molecule is C=CCN(CCCCC)C(=O)C1N([C@H](C)CO)C(=O)[C@@H]2[C@H](C(=O)N(CC=C)c3ccccc3)[C@]3(CC)CCC12O3. The monoisotopic (exact) mass is 551 g/mol. The van der Waals surface area contributed by atoms with Crippen LogP contribution in [0.5, 0.6) is 0 Å². The van der Waals surface area contributed by atoms with Crippen molar-refractivity contribution in [3.8, 4) is 0 Å². The highest BCUT2D eigenvalue weighted by Gasteiger charge is 2.79. The lowest BCUT2D eigenvalue weighted by molar-refractivity contribution is -0.155. The molecule has 0 aliphatic carbocycles. The van der Waals surface area contributed by atoms with Gasteiger partial charge in [-0.3, -0.25) is 14.4 Å². The number of rotatable bonds is 14. The van der Waals surface area contributed by atoms with E-state index in [1.807, 2.05) is 37.3 Å². The Morgan fingerprint density at radius 3 is 2.42 bits per heavy atom. The fourth-order valence-corrected chi connectivity index (χ4v) is 7.27. The first-order chi connectivity index (χ1) is 19.3. The first-order valence-corrected chi connectivity index (χ1v) is 14.8. The molecule has 2 bridgehead atoms. The molecule has 1 aromatic carbocycles. The van der Waals surface area contributed by atoms with Gasteiger partial charge < -0.3 is 24.5 Å². The number of benzene rings is 1. The third kappa shape index (κ3) is 4.79. The minimum atomic E-state index is -1.13. The van der Waals surface area contributed by atoms with Gasteiger partial charge in [-0.2, -0.15) is 0 Å². The molecule has 40 heavy (non-hydrogen) atoms. The number of nitrogens with zero attached hydrogens (tertiary/aromatic N) is 3. The smallest absolute Gasteiger partial charge is 0.248 e. The van der Waals surface area contributed by atoms with E-state index in [4.69, 9.17) is 4.74 Å². The van der Waals surface area contributed by atoms with Gasteiger partial charge in [-0.05, 0) is 44.7 Å². The second-order valence-corrected chi connectivity index (χ2v) is 11.5. The van der Waals surface area contributed by atoms with Crippen LogP contribution in [0.1, 0.15) is 59.3 Å². The molecule has 0 radical (unpaired) electrons. The summed E-state index contributed by atoms with van der Waals surface area (Å²) in [6.07, 6.45) is 7.88. The van der Waals surface area contributed by atoms with Gasteiger partial charge in [0.1, 0.15) is 11.6 Å². The van der Waals surface area contributed by atoms with E-state index < -0.39 is 35.1 Å². The van der Waals surface area contributed by atoms with Gasteiger partial charge >= 0.3 is 0 Å². The van der Waals surface area contributed by atoms with Crippen molar-refractivity contribution in [1.29, 1.82) is 0 Å². The summed E-state index contributed by atoms with van der Waals surface area (Å²) in [6.45, 7) is 14.5. The van der Waals surface area contributed by atoms with Crippen molar-refractivity contribution in [3.05, 3.63) is 55.6 Å². The van der Waals surface area contributed by atoms with E-state index in [1.165, 1.54) is 4.90 Å². The molecule has 4 rings (SSSR count). The van der Waals surface area contributed by atoms with Crippen LogP contribution in [0.25, 0.3) is 0 Å². The van der Waals surface area contributed by atoms with Crippen LogP contribution in [-0.2, 0) is 19.1 Å². The maximum Gasteiger partial charge on any atom is 0.248 e. The topological polar surface area (TPSA) is 90.4 Å². The fourth-order valence-electron chi connectivity index (χ4n) is 7.27. The highest BCUT2D eigenvalue weighted by Crippen LogP contribution is 2.65. The van der Waals surface area contributed by atoms with Crippen molar-refractivity contribution in [2.24, 2.45) is 11.8 Å². The van der Waals surface area contributed by atoms with Crippen molar-refractivity contribution in [2.75, 3.05) is 31.1 Å². The molecular weight excluding hydrogens is 506 g/mol. The number of carbonyl (C=O) groups is 3. The van der Waals surface area contributed by atoms with Crippen LogP contribution in [0.15, 0.2) is 55.6 Å². The number of carbonyl (C=O) groups excluding carboxylic acids is 3. The maximum atomic E-state index is 14.5. The van der Waals surface area contributed by atoms with Gasteiger partial charge in [0.25, 0.3) is 0 Å². The number of aliphatic hydroxyl groups excluding tert-OH is 1. The summed E-state index contributed by atoms with van der Waals surface area (Å²) in [5.74, 6) is -2.24. The Labute approximate surface area is 238 Å². The minimum Gasteiger partial charge on any atom is -0.394 e. The summed E-state index contributed by atoms with van der Waals surface area (Å²) in [6, 6.07) is 7.87. The quantitative estimate of drug-likeness (QED) is 0.279. The van der Waals surface area contributed by atoms with Crippen molar-refractivity contribution in [3.63, 3.8) is 0 Å². The Bertz CT molecular complexity index is 1110. The summed E-state index contributed by atoms with van der Waals surface area (Å²) in [4.78, 5) is 48.2. The van der Waals surface area contributed by atoms with E-state index in [0.717, 1.165) is 24.9 Å². The van der Waals surface area contributed by atoms with Crippen LogP contribution < -0.4 is 4.90 Å². The Kier molecular flexibility index (Phi) is 9.20. The number of hydrogen-bond acceptors (Lipinski definition) is 5. The van der Waals surface area contributed by atoms with Crippen molar-refractivity contribution in [2.45, 2.75) is 82.6 Å². The van der Waals surface area contributed by atoms with Gasteiger partial charge in [-0.15, -0.1) is 13.2 Å². The maximum absolute atomic E-state index is 14.5. The lowest BCUT2D eigenvalue weighted by Crippen LogP contribution is -2.58. The molecule has 8 nitrogen and oxygen atoms in total. The van der Waals surface area contributed by atoms with E-state index in [0.29, 0.717) is 32.4 Å². The summed E-state index contributed by atoms with van der Waals surface area (Å²) in [7, 11) is 0. The van der Waals surface area contributed by atoms with Gasteiger partial charge in [-0.1, -0.05) is 57.0 Å². The normalized spacial score (nSPS) is 29.2. The second-order valence-electron chi connectivity index (χ2n) is 11.5. The molecule has 1 spiro atoms. The molecule has 3 saturated heterocycles. The average Bonchev–Trinajstić information content (AvgIpc) is 3.58. The van der Waals surface area contributed by atoms with E-state index in [-0.39, 0.29) is 30.9 Å². The van der Waals surface area contributed by atoms with Crippen molar-refractivity contribution < 1.29 is 24.2 Å². The zero-order valence-electron chi connectivity index (χ0n) is 24.3. The predicted octanol–water partition coefficient (Wildman–Crippen LogP) is 3.95. The molecule has 3 aliphatic heterocycles. The van der Waals surface area contributed by atoms with Crippen LogP contribution in [0.4, 0.5) is 5.69 Å². The number of aliphatic hydroxyl groups is 1. The Hall–Kier alpha value is -2.97. The van der Waals surface area contributed by atoms with Crippen LogP contribution in [-0.4, -0.2) is 82.2 Å². The number of ether oxygens (including phenoxy) is 1. The molecule has 218 valence electrons. The number of anilines is 1. The summed E-state index contributed by atoms with van der Waals surface area (Å²) in [5, 5.41) is 10.2. The fraction of sp³-hybridized carbons (Fsp3) is 0.594. The third-order valence-corrected chi connectivity index (χ3v) is 9.20. The molecule has 3 heterocycles. The van der Waals surface area contributed by atoms with Crippen LogP contribution in [0.2, 0.25) is 0 Å². The molecule has 8 heteroatoms. The largest absolute Gasteiger partial charge is 0.394 e. The van der Waals surface area contributed by atoms with E-state index >= 15 is 0 Å². The van der Waals surface area contributed by atoms with E-state index in [1.54, 1.807) is 28.9 Å². The molecule has 6 atom stereocenters. The molecule has 3 aliphatic rings. The number of fused-ring (bicyclic) bond motifs is 1.